The van der Waals surface area contributed by atoms with Crippen LogP contribution < -0.4 is 24.8 Å². The molecule has 123 valence electrons. The Balaban J connectivity index is 0.00000104. The van der Waals surface area contributed by atoms with Crippen molar-refractivity contribution in [2.45, 2.75) is 16.5 Å². The minimum Gasteiger partial charge on any atom is -1.00 e. The van der Waals surface area contributed by atoms with Gasteiger partial charge in [0.1, 0.15) is 0 Å². The van der Waals surface area contributed by atoms with Crippen LogP contribution in [0.4, 0.5) is 0 Å². The number of halogens is 2. The van der Waals surface area contributed by atoms with Crippen molar-refractivity contribution in [1.82, 2.24) is 0 Å². The zero-order valence-corrected chi connectivity index (χ0v) is 20.7. The first-order chi connectivity index (χ1) is 10.8. The second-order valence-corrected chi connectivity index (χ2v) is 38.5. The van der Waals surface area contributed by atoms with Gasteiger partial charge in [0.2, 0.25) is 0 Å². The first-order valence-corrected chi connectivity index (χ1v) is 22.9. The Bertz CT molecular complexity index is 708. The third-order valence-corrected chi connectivity index (χ3v) is 39.4. The second-order valence-electron chi connectivity index (χ2n) is 6.59. The van der Waals surface area contributed by atoms with Crippen LogP contribution in [-0.4, -0.2) is 3.55 Å². The van der Waals surface area contributed by atoms with Crippen LogP contribution in [0.1, 0.15) is 25.6 Å². The van der Waals surface area contributed by atoms with E-state index in [1.165, 1.54) is 11.1 Å². The molecule has 0 spiro atoms. The van der Waals surface area contributed by atoms with E-state index < -0.39 is 36.3 Å². The van der Waals surface area contributed by atoms with E-state index in [1.54, 1.807) is 11.1 Å². The molecular formula is C20H21Cl2SiTh. The van der Waals surface area contributed by atoms with Crippen LogP contribution >= 0.6 is 0 Å². The average Bonchev–Trinajstić information content (AvgIpc) is 3.13. The quantitative estimate of drug-likeness (QED) is 0.408. The van der Waals surface area contributed by atoms with Gasteiger partial charge in [-0.05, 0) is 0 Å². The van der Waals surface area contributed by atoms with Crippen molar-refractivity contribution in [2.75, 3.05) is 0 Å². The predicted molar refractivity (Wildman–Crippen MR) is 95.3 cm³/mol. The minimum absolute atomic E-state index is 0. The van der Waals surface area contributed by atoms with Gasteiger partial charge in [-0.3, -0.25) is 0 Å². The predicted octanol–water partition coefficient (Wildman–Crippen LogP) is -0.865. The van der Waals surface area contributed by atoms with Crippen LogP contribution in [0.2, 0.25) is 13.1 Å². The number of rotatable bonds is 3. The molecule has 0 fully saturated rings. The Hall–Kier alpha value is 0.0416. The number of benzene rings is 2. The number of hydrogen-bond acceptors (Lipinski definition) is 0. The molecule has 0 bridgehead atoms. The van der Waals surface area contributed by atoms with E-state index in [1.807, 2.05) is 0 Å². The van der Waals surface area contributed by atoms with Gasteiger partial charge >= 0.3 is 148 Å². The first kappa shape index (κ1) is 20.4. The second kappa shape index (κ2) is 8.62. The molecule has 0 aromatic heterocycles. The fourth-order valence-electron chi connectivity index (χ4n) is 3.99. The van der Waals surface area contributed by atoms with E-state index in [0.717, 1.165) is 3.40 Å². The molecule has 0 saturated heterocycles. The summed E-state index contributed by atoms with van der Waals surface area (Å²) in [6.07, 6.45) is 9.88. The molecule has 2 atom stereocenters. The van der Waals surface area contributed by atoms with Gasteiger partial charge in [0.05, 0.1) is 0 Å². The third kappa shape index (κ3) is 3.60. The Kier molecular flexibility index (Phi) is 7.31. The molecule has 2 unspecified atom stereocenters. The molecule has 24 heavy (non-hydrogen) atoms. The van der Waals surface area contributed by atoms with Gasteiger partial charge in [0, 0.05) is 0 Å². The SMILES string of the molecule is C[SiH](C)[Th+2]([CH]1C=Cc2ccccc21)[CH]1C=Cc2ccccc21.[Cl-].[Cl-]. The van der Waals surface area contributed by atoms with Gasteiger partial charge in [0.25, 0.3) is 0 Å². The zero-order chi connectivity index (χ0) is 15.1. The number of allylic oxidation sites excluding steroid dienone is 2. The molecule has 2 aromatic carbocycles. The standard InChI is InChI=1S/2C9H7.C2H7Si.2ClH.Th/c2*1-2-5-9-7-3-6-8(9)4-1;1-3-2;;;/h2*1-7H;3H,1-2H3;2*1H;/q;;;;;+2/p-2. The summed E-state index contributed by atoms with van der Waals surface area (Å²) in [7, 11) is 0. The van der Waals surface area contributed by atoms with E-state index in [4.69, 9.17) is 0 Å². The van der Waals surface area contributed by atoms with Crippen LogP contribution in [0.3, 0.4) is 0 Å². The van der Waals surface area contributed by atoms with Crippen LogP contribution in [-0.2, 0) is 0 Å². The molecule has 0 radical (unpaired) electrons. The Morgan fingerprint density at radius 2 is 1.12 bits per heavy atom. The Labute approximate surface area is 170 Å². The largest absolute Gasteiger partial charge is 1.00 e. The van der Waals surface area contributed by atoms with Gasteiger partial charge in [-0.25, -0.2) is 0 Å². The molecule has 0 heterocycles. The molecule has 0 amide bonds. The van der Waals surface area contributed by atoms with Crippen molar-refractivity contribution >= 4 is 15.7 Å². The summed E-state index contributed by atoms with van der Waals surface area (Å²) in [6, 6.07) is 18.1. The Morgan fingerprint density at radius 1 is 0.708 bits per heavy atom. The molecule has 0 nitrogen and oxygen atoms in total. The Morgan fingerprint density at radius 3 is 1.54 bits per heavy atom. The molecule has 4 heteroatoms. The molecular weight excluding hydrogens is 571 g/mol. The average molecular weight is 592 g/mol. The maximum Gasteiger partial charge on any atom is -1.00 e. The summed E-state index contributed by atoms with van der Waals surface area (Å²) in [4.78, 5) is 0. The fraction of sp³-hybridized carbons (Fsp3) is 0.200. The van der Waals surface area contributed by atoms with Crippen molar-refractivity contribution in [3.05, 3.63) is 82.9 Å². The van der Waals surface area contributed by atoms with Crippen LogP contribution in [0.5, 0.6) is 0 Å². The molecule has 4 rings (SSSR count). The van der Waals surface area contributed by atoms with Gasteiger partial charge in [0.15, 0.2) is 0 Å². The summed E-state index contributed by atoms with van der Waals surface area (Å²) >= 11 is -1.93. The van der Waals surface area contributed by atoms with E-state index in [0.29, 0.717) is 0 Å². The van der Waals surface area contributed by atoms with Crippen LogP contribution in [0, 0.1) is 32.8 Å². The van der Waals surface area contributed by atoms with E-state index in [2.05, 4.69) is 85.9 Å². The van der Waals surface area contributed by atoms with Gasteiger partial charge in [-0.15, -0.1) is 0 Å². The minimum atomic E-state index is -1.93. The van der Waals surface area contributed by atoms with Crippen molar-refractivity contribution < 1.29 is 57.6 Å². The topological polar surface area (TPSA) is 0 Å². The number of hydrogen-bond donors (Lipinski definition) is 0. The van der Waals surface area contributed by atoms with Gasteiger partial charge < -0.3 is 24.8 Å². The molecule has 0 saturated carbocycles. The summed E-state index contributed by atoms with van der Waals surface area (Å²) in [5, 5.41) is 0. The van der Waals surface area contributed by atoms with Crippen LogP contribution in [0.15, 0.2) is 60.7 Å². The van der Waals surface area contributed by atoms with Crippen molar-refractivity contribution in [2.24, 2.45) is 0 Å². The normalized spacial score (nSPS) is 19.5. The first-order valence-electron chi connectivity index (χ1n) is 8.16. The molecule has 2 aromatic rings. The summed E-state index contributed by atoms with van der Waals surface area (Å²) in [6.45, 7) is 5.21. The molecule has 2 aliphatic carbocycles. The molecule has 0 N–H and O–H groups in total. The maximum absolute atomic E-state index is 2.61. The summed E-state index contributed by atoms with van der Waals surface area (Å²) in [5.41, 5.74) is 6.21. The summed E-state index contributed by atoms with van der Waals surface area (Å²) in [5.74, 6) is 0. The summed E-state index contributed by atoms with van der Waals surface area (Å²) < 4.78 is 1.03. The van der Waals surface area contributed by atoms with Crippen molar-refractivity contribution in [3.8, 4) is 0 Å². The van der Waals surface area contributed by atoms with Crippen molar-refractivity contribution in [1.29, 1.82) is 0 Å². The zero-order valence-electron chi connectivity index (χ0n) is 13.9. The smallest absolute Gasteiger partial charge is 1.00 e. The van der Waals surface area contributed by atoms with E-state index in [9.17, 15) is 0 Å². The van der Waals surface area contributed by atoms with Crippen molar-refractivity contribution in [3.63, 3.8) is 0 Å². The molecule has 2 aliphatic rings. The van der Waals surface area contributed by atoms with Gasteiger partial charge in [-0.2, -0.15) is 0 Å². The third-order valence-electron chi connectivity index (χ3n) is 4.98. The van der Waals surface area contributed by atoms with E-state index >= 15 is 0 Å². The maximum atomic E-state index is 2.61. The van der Waals surface area contributed by atoms with Gasteiger partial charge in [-0.1, -0.05) is 0 Å². The monoisotopic (exact) mass is 591 g/mol. The molecule has 0 aliphatic heterocycles. The van der Waals surface area contributed by atoms with E-state index in [-0.39, 0.29) is 24.8 Å². The fourth-order valence-corrected chi connectivity index (χ4v) is 37.8. The number of fused-ring (bicyclic) bond motifs is 2. The van der Waals surface area contributed by atoms with Crippen LogP contribution in [0.25, 0.3) is 12.2 Å².